The first-order valence-corrected chi connectivity index (χ1v) is 7.49. The Bertz CT molecular complexity index is 672. The second kappa shape index (κ2) is 5.66. The van der Waals surface area contributed by atoms with Crippen molar-refractivity contribution >= 4 is 17.3 Å². The molecular formula is C17H18ClFN2. The Hall–Kier alpha value is -1.58. The highest BCUT2D eigenvalue weighted by Crippen LogP contribution is 2.31. The third-order valence-corrected chi connectivity index (χ3v) is 4.60. The maximum absolute atomic E-state index is 13.3. The summed E-state index contributed by atoms with van der Waals surface area (Å²) in [4.78, 5) is 2.35. The van der Waals surface area contributed by atoms with Crippen LogP contribution >= 0.6 is 11.6 Å². The molecule has 0 bridgehead atoms. The van der Waals surface area contributed by atoms with Crippen molar-refractivity contribution < 1.29 is 4.39 Å². The molecule has 110 valence electrons. The molecule has 0 saturated heterocycles. The summed E-state index contributed by atoms with van der Waals surface area (Å²) in [5, 5.41) is 0.177. The van der Waals surface area contributed by atoms with E-state index >= 15 is 0 Å². The lowest BCUT2D eigenvalue weighted by Gasteiger charge is -2.34. The molecule has 0 fully saturated rings. The van der Waals surface area contributed by atoms with Crippen molar-refractivity contribution in [2.75, 3.05) is 12.3 Å². The molecule has 3 rings (SSSR count). The fraction of sp³-hybridized carbons (Fsp3) is 0.294. The predicted molar refractivity (Wildman–Crippen MR) is 84.8 cm³/mol. The Labute approximate surface area is 129 Å². The Morgan fingerprint density at radius 1 is 1.29 bits per heavy atom. The molecule has 1 heterocycles. The maximum atomic E-state index is 13.3. The highest BCUT2D eigenvalue weighted by Gasteiger charge is 2.23. The largest absolute Gasteiger partial charge is 0.398 e. The van der Waals surface area contributed by atoms with Gasteiger partial charge in [0.1, 0.15) is 5.82 Å². The van der Waals surface area contributed by atoms with Crippen LogP contribution in [0.25, 0.3) is 0 Å². The van der Waals surface area contributed by atoms with E-state index in [4.69, 9.17) is 17.3 Å². The smallest absolute Gasteiger partial charge is 0.141 e. The van der Waals surface area contributed by atoms with E-state index in [0.29, 0.717) is 0 Å². The summed E-state index contributed by atoms with van der Waals surface area (Å²) in [6, 6.07) is 11.2. The number of fused-ring (bicyclic) bond motifs is 1. The fourth-order valence-electron chi connectivity index (χ4n) is 2.94. The first-order valence-electron chi connectivity index (χ1n) is 7.11. The number of nitrogens with zero attached hydrogens (tertiary/aromatic N) is 1. The Balaban J connectivity index is 1.85. The molecule has 0 aliphatic carbocycles. The fourth-order valence-corrected chi connectivity index (χ4v) is 3.13. The standard InChI is InChI=1S/C17H18ClFN2/c1-11(13-5-6-16(19)15(18)9-13)21-8-7-12-3-2-4-17(20)14(12)10-21/h2-6,9,11H,7-8,10,20H2,1H3. The second-order valence-corrected chi connectivity index (χ2v) is 5.96. The molecule has 0 aromatic heterocycles. The lowest BCUT2D eigenvalue weighted by Crippen LogP contribution is -2.33. The third-order valence-electron chi connectivity index (χ3n) is 4.31. The van der Waals surface area contributed by atoms with Crippen molar-refractivity contribution in [1.29, 1.82) is 0 Å². The Morgan fingerprint density at radius 3 is 2.86 bits per heavy atom. The van der Waals surface area contributed by atoms with Crippen LogP contribution in [0, 0.1) is 5.82 Å². The molecule has 2 aromatic rings. The van der Waals surface area contributed by atoms with E-state index in [1.807, 2.05) is 12.1 Å². The zero-order valence-electron chi connectivity index (χ0n) is 11.9. The van der Waals surface area contributed by atoms with Gasteiger partial charge in [0.25, 0.3) is 0 Å². The third kappa shape index (κ3) is 2.76. The zero-order chi connectivity index (χ0) is 15.0. The van der Waals surface area contributed by atoms with Crippen molar-refractivity contribution in [3.05, 3.63) is 63.9 Å². The van der Waals surface area contributed by atoms with E-state index in [2.05, 4.69) is 17.9 Å². The summed E-state index contributed by atoms with van der Waals surface area (Å²) in [5.41, 5.74) is 10.5. The summed E-state index contributed by atoms with van der Waals surface area (Å²) in [5.74, 6) is -0.374. The summed E-state index contributed by atoms with van der Waals surface area (Å²) >= 11 is 5.89. The van der Waals surface area contributed by atoms with E-state index in [1.54, 1.807) is 12.1 Å². The van der Waals surface area contributed by atoms with Gasteiger partial charge in [0, 0.05) is 24.8 Å². The van der Waals surface area contributed by atoms with Gasteiger partial charge in [-0.25, -0.2) is 4.39 Å². The summed E-state index contributed by atoms with van der Waals surface area (Å²) in [6.07, 6.45) is 0.986. The van der Waals surface area contributed by atoms with Gasteiger partial charge in [-0.1, -0.05) is 29.8 Å². The first-order chi connectivity index (χ1) is 10.1. The van der Waals surface area contributed by atoms with Crippen LogP contribution in [0.3, 0.4) is 0 Å². The Kier molecular flexibility index (Phi) is 3.87. The first kappa shape index (κ1) is 14.4. The maximum Gasteiger partial charge on any atom is 0.141 e. The van der Waals surface area contributed by atoms with Crippen LogP contribution in [0.4, 0.5) is 10.1 Å². The van der Waals surface area contributed by atoms with Crippen LogP contribution in [-0.2, 0) is 13.0 Å². The van der Waals surface area contributed by atoms with Crippen molar-refractivity contribution in [3.8, 4) is 0 Å². The van der Waals surface area contributed by atoms with Crippen LogP contribution in [0.2, 0.25) is 5.02 Å². The number of hydrogen-bond donors (Lipinski definition) is 1. The van der Waals surface area contributed by atoms with Crippen molar-refractivity contribution in [1.82, 2.24) is 4.90 Å². The molecule has 1 aliphatic rings. The molecule has 21 heavy (non-hydrogen) atoms. The van der Waals surface area contributed by atoms with E-state index in [-0.39, 0.29) is 16.9 Å². The van der Waals surface area contributed by atoms with Gasteiger partial charge in [0.2, 0.25) is 0 Å². The average Bonchev–Trinajstić information content (AvgIpc) is 2.49. The van der Waals surface area contributed by atoms with Gasteiger partial charge in [-0.15, -0.1) is 0 Å². The number of nitrogen functional groups attached to an aromatic ring is 1. The number of nitrogens with two attached hydrogens (primary N) is 1. The van der Waals surface area contributed by atoms with Crippen molar-refractivity contribution in [2.24, 2.45) is 0 Å². The molecule has 1 atom stereocenters. The minimum atomic E-state index is -0.374. The summed E-state index contributed by atoms with van der Waals surface area (Å²) in [7, 11) is 0. The molecule has 1 unspecified atom stereocenters. The van der Waals surface area contributed by atoms with Gasteiger partial charge >= 0.3 is 0 Å². The molecule has 0 radical (unpaired) electrons. The van der Waals surface area contributed by atoms with Crippen molar-refractivity contribution in [2.45, 2.75) is 25.9 Å². The van der Waals surface area contributed by atoms with Crippen LogP contribution in [0.1, 0.15) is 29.7 Å². The van der Waals surface area contributed by atoms with Gasteiger partial charge in [0.05, 0.1) is 5.02 Å². The van der Waals surface area contributed by atoms with Gasteiger partial charge in [-0.2, -0.15) is 0 Å². The van der Waals surface area contributed by atoms with Crippen molar-refractivity contribution in [3.63, 3.8) is 0 Å². The van der Waals surface area contributed by atoms with E-state index in [0.717, 1.165) is 30.8 Å². The molecule has 0 spiro atoms. The topological polar surface area (TPSA) is 29.3 Å². The van der Waals surface area contributed by atoms with Crippen LogP contribution in [0.15, 0.2) is 36.4 Å². The van der Waals surface area contributed by atoms with Gasteiger partial charge in [-0.3, -0.25) is 4.90 Å². The number of rotatable bonds is 2. The zero-order valence-corrected chi connectivity index (χ0v) is 12.7. The number of anilines is 1. The summed E-state index contributed by atoms with van der Waals surface area (Å²) in [6.45, 7) is 3.90. The minimum absolute atomic E-state index is 0.177. The molecule has 0 saturated carbocycles. The summed E-state index contributed by atoms with van der Waals surface area (Å²) < 4.78 is 13.3. The monoisotopic (exact) mass is 304 g/mol. The number of halogens is 2. The highest BCUT2D eigenvalue weighted by atomic mass is 35.5. The normalized spacial score (nSPS) is 16.5. The Morgan fingerprint density at radius 2 is 2.10 bits per heavy atom. The quantitative estimate of drug-likeness (QED) is 0.843. The highest BCUT2D eigenvalue weighted by molar-refractivity contribution is 6.30. The van der Waals surface area contributed by atoms with Crippen LogP contribution in [0.5, 0.6) is 0 Å². The molecule has 0 amide bonds. The van der Waals surface area contributed by atoms with E-state index < -0.39 is 0 Å². The van der Waals surface area contributed by atoms with E-state index in [1.165, 1.54) is 17.2 Å². The van der Waals surface area contributed by atoms with Gasteiger partial charge < -0.3 is 5.73 Å². The van der Waals surface area contributed by atoms with E-state index in [9.17, 15) is 4.39 Å². The van der Waals surface area contributed by atoms with Gasteiger partial charge in [0.15, 0.2) is 0 Å². The number of benzene rings is 2. The van der Waals surface area contributed by atoms with Crippen LogP contribution in [-0.4, -0.2) is 11.4 Å². The second-order valence-electron chi connectivity index (χ2n) is 5.55. The molecule has 2 aromatic carbocycles. The molecule has 2 N–H and O–H groups in total. The molecule has 4 heteroatoms. The van der Waals surface area contributed by atoms with Gasteiger partial charge in [-0.05, 0) is 48.2 Å². The lowest BCUT2D eigenvalue weighted by atomic mass is 9.95. The molecule has 1 aliphatic heterocycles. The average molecular weight is 305 g/mol. The number of hydrogen-bond acceptors (Lipinski definition) is 2. The minimum Gasteiger partial charge on any atom is -0.398 e. The predicted octanol–water partition coefficient (Wildman–Crippen LogP) is 4.18. The SMILES string of the molecule is CC(c1ccc(F)c(Cl)c1)N1CCc2cccc(N)c2C1. The molecular weight excluding hydrogens is 287 g/mol. The van der Waals surface area contributed by atoms with Crippen LogP contribution < -0.4 is 5.73 Å². The molecule has 2 nitrogen and oxygen atoms in total. The lowest BCUT2D eigenvalue weighted by molar-refractivity contribution is 0.192.